The van der Waals surface area contributed by atoms with E-state index in [0.717, 1.165) is 13.0 Å². The van der Waals surface area contributed by atoms with E-state index < -0.39 is 5.92 Å². The highest BCUT2D eigenvalue weighted by molar-refractivity contribution is 5.85. The van der Waals surface area contributed by atoms with E-state index >= 15 is 0 Å². The summed E-state index contributed by atoms with van der Waals surface area (Å²) in [5, 5.41) is 3.09. The third-order valence-corrected chi connectivity index (χ3v) is 2.78. The standard InChI is InChI=1S/C10H19F2N.ClH/c1-9(2,7-13-3)5-4-8-6-10(8,11)12;/h8,13H,4-7H2,1-3H3;1H. The van der Waals surface area contributed by atoms with Crippen LogP contribution in [0.4, 0.5) is 8.78 Å². The van der Waals surface area contributed by atoms with Crippen LogP contribution in [0.1, 0.15) is 33.1 Å². The second kappa shape index (κ2) is 4.75. The minimum Gasteiger partial charge on any atom is -0.319 e. The predicted molar refractivity (Wildman–Crippen MR) is 57.2 cm³/mol. The summed E-state index contributed by atoms with van der Waals surface area (Å²) >= 11 is 0. The Morgan fingerprint density at radius 2 is 1.93 bits per heavy atom. The molecule has 0 bridgehead atoms. The number of halogens is 3. The highest BCUT2D eigenvalue weighted by atomic mass is 35.5. The largest absolute Gasteiger partial charge is 0.319 e. The molecule has 14 heavy (non-hydrogen) atoms. The van der Waals surface area contributed by atoms with Crippen molar-refractivity contribution < 1.29 is 8.78 Å². The lowest BCUT2D eigenvalue weighted by Crippen LogP contribution is -2.26. The molecular formula is C10H20ClF2N. The summed E-state index contributed by atoms with van der Waals surface area (Å²) in [4.78, 5) is 0. The molecule has 1 nitrogen and oxygen atoms in total. The summed E-state index contributed by atoms with van der Waals surface area (Å²) in [5.41, 5.74) is 0.146. The highest BCUT2D eigenvalue weighted by Gasteiger charge is 2.56. The Bertz CT molecular complexity index is 183. The Hall–Kier alpha value is 0.110. The van der Waals surface area contributed by atoms with Crippen LogP contribution in [0.5, 0.6) is 0 Å². The van der Waals surface area contributed by atoms with Gasteiger partial charge in [-0.05, 0) is 31.8 Å². The molecule has 0 aromatic carbocycles. The summed E-state index contributed by atoms with van der Waals surface area (Å²) < 4.78 is 25.1. The van der Waals surface area contributed by atoms with Crippen molar-refractivity contribution in [2.45, 2.75) is 39.0 Å². The van der Waals surface area contributed by atoms with Crippen molar-refractivity contribution in [2.24, 2.45) is 11.3 Å². The van der Waals surface area contributed by atoms with Crippen LogP contribution in [0.2, 0.25) is 0 Å². The molecule has 1 saturated carbocycles. The maximum absolute atomic E-state index is 12.5. The smallest absolute Gasteiger partial charge is 0.251 e. The van der Waals surface area contributed by atoms with Crippen molar-refractivity contribution in [3.8, 4) is 0 Å². The first-order valence-electron chi connectivity index (χ1n) is 4.90. The quantitative estimate of drug-likeness (QED) is 0.761. The maximum atomic E-state index is 12.5. The van der Waals surface area contributed by atoms with Gasteiger partial charge in [-0.2, -0.15) is 0 Å². The van der Waals surface area contributed by atoms with Crippen LogP contribution in [0.25, 0.3) is 0 Å². The summed E-state index contributed by atoms with van der Waals surface area (Å²) in [6, 6.07) is 0. The van der Waals surface area contributed by atoms with E-state index in [2.05, 4.69) is 19.2 Å². The Kier molecular flexibility index (Phi) is 4.79. The zero-order valence-electron chi connectivity index (χ0n) is 9.07. The van der Waals surface area contributed by atoms with Gasteiger partial charge in [-0.15, -0.1) is 12.4 Å². The van der Waals surface area contributed by atoms with Crippen LogP contribution in [0, 0.1) is 11.3 Å². The van der Waals surface area contributed by atoms with E-state index in [-0.39, 0.29) is 30.2 Å². The minimum atomic E-state index is -2.34. The fourth-order valence-corrected chi connectivity index (χ4v) is 1.71. The number of nitrogens with one attached hydrogen (secondary N) is 1. The van der Waals surface area contributed by atoms with Gasteiger partial charge < -0.3 is 5.32 Å². The van der Waals surface area contributed by atoms with Crippen LogP contribution in [0.15, 0.2) is 0 Å². The molecule has 0 aliphatic heterocycles. The lowest BCUT2D eigenvalue weighted by Gasteiger charge is -2.23. The van der Waals surface area contributed by atoms with Crippen molar-refractivity contribution in [3.05, 3.63) is 0 Å². The number of rotatable bonds is 5. The van der Waals surface area contributed by atoms with Crippen molar-refractivity contribution in [1.82, 2.24) is 5.32 Å². The van der Waals surface area contributed by atoms with E-state index in [1.807, 2.05) is 7.05 Å². The molecule has 1 fully saturated rings. The van der Waals surface area contributed by atoms with E-state index in [4.69, 9.17) is 0 Å². The predicted octanol–water partition coefficient (Wildman–Crippen LogP) is 3.09. The molecule has 0 aromatic rings. The normalized spacial score (nSPS) is 24.2. The number of alkyl halides is 2. The number of hydrogen-bond donors (Lipinski definition) is 1. The molecule has 1 N–H and O–H groups in total. The minimum absolute atomic E-state index is 0. The van der Waals surface area contributed by atoms with Crippen molar-refractivity contribution in [3.63, 3.8) is 0 Å². The summed E-state index contributed by atoms with van der Waals surface area (Å²) in [6.07, 6.45) is 1.67. The molecule has 0 heterocycles. The maximum Gasteiger partial charge on any atom is 0.251 e. The van der Waals surface area contributed by atoms with Gasteiger partial charge in [0.05, 0.1) is 0 Å². The first-order valence-corrected chi connectivity index (χ1v) is 4.90. The molecule has 0 aromatic heterocycles. The molecule has 1 aliphatic rings. The van der Waals surface area contributed by atoms with Gasteiger partial charge in [-0.1, -0.05) is 13.8 Å². The zero-order valence-corrected chi connectivity index (χ0v) is 9.89. The van der Waals surface area contributed by atoms with E-state index in [1.54, 1.807) is 0 Å². The summed E-state index contributed by atoms with van der Waals surface area (Å²) in [6.45, 7) is 5.12. The molecule has 1 rings (SSSR count). The summed E-state index contributed by atoms with van der Waals surface area (Å²) in [5.74, 6) is -2.67. The molecule has 1 unspecified atom stereocenters. The van der Waals surface area contributed by atoms with Gasteiger partial charge in [0.15, 0.2) is 0 Å². The molecule has 0 radical (unpaired) electrons. The molecule has 1 aliphatic carbocycles. The first kappa shape index (κ1) is 14.1. The van der Waals surface area contributed by atoms with Crippen molar-refractivity contribution in [1.29, 1.82) is 0 Å². The van der Waals surface area contributed by atoms with Gasteiger partial charge >= 0.3 is 0 Å². The fraction of sp³-hybridized carbons (Fsp3) is 1.00. The van der Waals surface area contributed by atoms with Gasteiger partial charge in [0.1, 0.15) is 0 Å². The van der Waals surface area contributed by atoms with E-state index in [9.17, 15) is 8.78 Å². The zero-order chi connectivity index (χ0) is 10.1. The molecule has 86 valence electrons. The molecule has 4 heteroatoms. The SMILES string of the molecule is CNCC(C)(C)CCC1CC1(F)F.Cl. The second-order valence-corrected chi connectivity index (χ2v) is 4.90. The second-order valence-electron chi connectivity index (χ2n) is 4.90. The molecule has 1 atom stereocenters. The Morgan fingerprint density at radius 1 is 1.43 bits per heavy atom. The van der Waals surface area contributed by atoms with Gasteiger partial charge in [-0.25, -0.2) is 8.78 Å². The third-order valence-electron chi connectivity index (χ3n) is 2.78. The third kappa shape index (κ3) is 4.09. The van der Waals surface area contributed by atoms with Gasteiger partial charge in [-0.3, -0.25) is 0 Å². The van der Waals surface area contributed by atoms with Crippen molar-refractivity contribution >= 4 is 12.4 Å². The van der Waals surface area contributed by atoms with Gasteiger partial charge in [0.2, 0.25) is 0 Å². The van der Waals surface area contributed by atoms with Gasteiger partial charge in [0, 0.05) is 12.3 Å². The fourth-order valence-electron chi connectivity index (χ4n) is 1.71. The average molecular weight is 228 g/mol. The Balaban J connectivity index is 0.00000169. The highest BCUT2D eigenvalue weighted by Crippen LogP contribution is 2.52. The van der Waals surface area contributed by atoms with Crippen LogP contribution in [-0.4, -0.2) is 19.5 Å². The Morgan fingerprint density at radius 3 is 2.29 bits per heavy atom. The average Bonchev–Trinajstić information content (AvgIpc) is 2.55. The van der Waals surface area contributed by atoms with Crippen LogP contribution >= 0.6 is 12.4 Å². The lowest BCUT2D eigenvalue weighted by atomic mass is 9.87. The van der Waals surface area contributed by atoms with E-state index in [1.165, 1.54) is 0 Å². The van der Waals surface area contributed by atoms with Crippen molar-refractivity contribution in [2.75, 3.05) is 13.6 Å². The van der Waals surface area contributed by atoms with Crippen LogP contribution in [0.3, 0.4) is 0 Å². The molecule has 0 spiro atoms. The monoisotopic (exact) mass is 227 g/mol. The first-order chi connectivity index (χ1) is 5.87. The topological polar surface area (TPSA) is 12.0 Å². The van der Waals surface area contributed by atoms with Gasteiger partial charge in [0.25, 0.3) is 5.92 Å². The molecular weight excluding hydrogens is 208 g/mol. The molecule has 0 amide bonds. The summed E-state index contributed by atoms with van der Waals surface area (Å²) in [7, 11) is 1.90. The molecule has 0 saturated heterocycles. The number of hydrogen-bond acceptors (Lipinski definition) is 1. The van der Waals surface area contributed by atoms with Crippen LogP contribution in [-0.2, 0) is 0 Å². The Labute approximate surface area is 91.1 Å². The lowest BCUT2D eigenvalue weighted by molar-refractivity contribution is 0.0937. The van der Waals surface area contributed by atoms with E-state index in [0.29, 0.717) is 6.42 Å². The van der Waals surface area contributed by atoms with Crippen LogP contribution < -0.4 is 5.32 Å².